The molecule has 8 nitrogen and oxygen atoms in total. The fourth-order valence-corrected chi connectivity index (χ4v) is 4.37. The number of nitrogens with one attached hydrogen (secondary N) is 2. The highest BCUT2D eigenvalue weighted by Crippen LogP contribution is 2.30. The van der Waals surface area contributed by atoms with E-state index in [1.807, 2.05) is 0 Å². The van der Waals surface area contributed by atoms with Crippen LogP contribution in [0.5, 0.6) is 17.2 Å². The van der Waals surface area contributed by atoms with E-state index in [0.717, 1.165) is 0 Å². The molecule has 0 aromatic heterocycles. The molecule has 0 unspecified atom stereocenters. The van der Waals surface area contributed by atoms with Crippen LogP contribution in [0, 0.1) is 0 Å². The van der Waals surface area contributed by atoms with Gasteiger partial charge in [-0.05, 0) is 54.6 Å². The lowest BCUT2D eigenvalue weighted by atomic mass is 10.2. The Bertz CT molecular complexity index is 1230. The number of sulfonamides is 1. The molecule has 0 bridgehead atoms. The van der Waals surface area contributed by atoms with Gasteiger partial charge >= 0.3 is 0 Å². The number of ether oxygens (including phenoxy) is 3. The first-order valence-electron chi connectivity index (χ1n) is 9.44. The van der Waals surface area contributed by atoms with E-state index < -0.39 is 15.9 Å². The van der Waals surface area contributed by atoms with E-state index in [-0.39, 0.29) is 17.2 Å². The Balaban J connectivity index is 1.59. The second-order valence-electron chi connectivity index (χ2n) is 6.64. The van der Waals surface area contributed by atoms with Crippen LogP contribution in [0.4, 0.5) is 11.4 Å². The van der Waals surface area contributed by atoms with Crippen LogP contribution in [0.2, 0.25) is 10.0 Å². The number of halogens is 2. The first-order chi connectivity index (χ1) is 15.7. The van der Waals surface area contributed by atoms with Crippen molar-refractivity contribution in [3.05, 3.63) is 70.7 Å². The molecule has 0 spiro atoms. The average Bonchev–Trinajstić information content (AvgIpc) is 2.77. The number of amides is 1. The molecule has 0 aliphatic rings. The quantitative estimate of drug-likeness (QED) is 0.427. The van der Waals surface area contributed by atoms with Crippen molar-refractivity contribution in [1.82, 2.24) is 0 Å². The van der Waals surface area contributed by atoms with Gasteiger partial charge in [-0.25, -0.2) is 8.42 Å². The zero-order chi connectivity index (χ0) is 24.0. The fraction of sp³-hybridized carbons (Fsp3) is 0.136. The third-order valence-electron chi connectivity index (χ3n) is 4.29. The highest BCUT2D eigenvalue weighted by Gasteiger charge is 2.15. The number of methoxy groups -OCH3 is 2. The van der Waals surface area contributed by atoms with E-state index in [4.69, 9.17) is 37.4 Å². The Labute approximate surface area is 201 Å². The molecule has 1 amide bonds. The van der Waals surface area contributed by atoms with Gasteiger partial charge in [0.25, 0.3) is 15.9 Å². The summed E-state index contributed by atoms with van der Waals surface area (Å²) >= 11 is 11.8. The van der Waals surface area contributed by atoms with Crippen LogP contribution in [0.25, 0.3) is 0 Å². The number of anilines is 2. The van der Waals surface area contributed by atoms with Crippen molar-refractivity contribution >= 4 is 50.5 Å². The SMILES string of the molecule is COc1ccc(NC(=O)COc2ccc(S(=O)(=O)Nc3cc(Cl)cc(Cl)c3)cc2)cc1OC. The summed E-state index contributed by atoms with van der Waals surface area (Å²) in [6.45, 7) is -0.278. The van der Waals surface area contributed by atoms with E-state index in [9.17, 15) is 13.2 Å². The minimum absolute atomic E-state index is 0.000673. The van der Waals surface area contributed by atoms with Crippen molar-refractivity contribution in [2.45, 2.75) is 4.90 Å². The molecule has 0 aliphatic heterocycles. The monoisotopic (exact) mass is 510 g/mol. The van der Waals surface area contributed by atoms with Crippen LogP contribution in [0.1, 0.15) is 0 Å². The van der Waals surface area contributed by atoms with E-state index >= 15 is 0 Å². The van der Waals surface area contributed by atoms with E-state index in [1.165, 1.54) is 56.7 Å². The molecule has 0 saturated carbocycles. The summed E-state index contributed by atoms with van der Waals surface area (Å²) in [4.78, 5) is 12.2. The molecule has 0 fully saturated rings. The van der Waals surface area contributed by atoms with Gasteiger partial charge < -0.3 is 19.5 Å². The molecular weight excluding hydrogens is 491 g/mol. The minimum Gasteiger partial charge on any atom is -0.493 e. The van der Waals surface area contributed by atoms with Gasteiger partial charge in [0, 0.05) is 21.8 Å². The van der Waals surface area contributed by atoms with Crippen molar-refractivity contribution in [2.75, 3.05) is 30.9 Å². The largest absolute Gasteiger partial charge is 0.493 e. The van der Waals surface area contributed by atoms with Crippen LogP contribution in [0.15, 0.2) is 65.6 Å². The summed E-state index contributed by atoms with van der Waals surface area (Å²) in [5, 5.41) is 3.29. The van der Waals surface area contributed by atoms with Crippen molar-refractivity contribution in [1.29, 1.82) is 0 Å². The first kappa shape index (κ1) is 24.5. The van der Waals surface area contributed by atoms with Gasteiger partial charge in [0.15, 0.2) is 18.1 Å². The summed E-state index contributed by atoms with van der Waals surface area (Å²) in [5.74, 6) is 0.928. The third-order valence-corrected chi connectivity index (χ3v) is 6.12. The number of carbonyl (C=O) groups is 1. The number of hydrogen-bond donors (Lipinski definition) is 2. The van der Waals surface area contributed by atoms with Crippen molar-refractivity contribution in [3.63, 3.8) is 0 Å². The standard InChI is InChI=1S/C22H20Cl2N2O6S/c1-30-20-8-3-16(12-21(20)31-2)25-22(27)13-32-18-4-6-19(7-5-18)33(28,29)26-17-10-14(23)9-15(24)11-17/h3-12,26H,13H2,1-2H3,(H,25,27). The Morgan fingerprint density at radius 1 is 0.848 bits per heavy atom. The van der Waals surface area contributed by atoms with Gasteiger partial charge in [-0.2, -0.15) is 0 Å². The van der Waals surface area contributed by atoms with Crippen LogP contribution < -0.4 is 24.2 Å². The van der Waals surface area contributed by atoms with Gasteiger partial charge in [-0.15, -0.1) is 0 Å². The maximum Gasteiger partial charge on any atom is 0.262 e. The molecule has 174 valence electrons. The van der Waals surface area contributed by atoms with Gasteiger partial charge in [0.2, 0.25) is 0 Å². The smallest absolute Gasteiger partial charge is 0.262 e. The maximum absolute atomic E-state index is 12.6. The highest BCUT2D eigenvalue weighted by atomic mass is 35.5. The number of benzene rings is 3. The molecule has 0 atom stereocenters. The molecule has 33 heavy (non-hydrogen) atoms. The van der Waals surface area contributed by atoms with Gasteiger partial charge in [0.1, 0.15) is 5.75 Å². The van der Waals surface area contributed by atoms with Crippen molar-refractivity contribution in [2.24, 2.45) is 0 Å². The highest BCUT2D eigenvalue weighted by molar-refractivity contribution is 7.92. The normalized spacial score (nSPS) is 10.9. The summed E-state index contributed by atoms with van der Waals surface area (Å²) in [7, 11) is -0.859. The Kier molecular flexibility index (Phi) is 7.91. The second-order valence-corrected chi connectivity index (χ2v) is 9.20. The van der Waals surface area contributed by atoms with Crippen molar-refractivity contribution in [3.8, 4) is 17.2 Å². The summed E-state index contributed by atoms with van der Waals surface area (Å²) in [6, 6.07) is 14.9. The Hall–Kier alpha value is -3.14. The predicted octanol–water partition coefficient (Wildman–Crippen LogP) is 4.83. The molecular formula is C22H20Cl2N2O6S. The third kappa shape index (κ3) is 6.67. The molecule has 3 aromatic rings. The summed E-state index contributed by atoms with van der Waals surface area (Å²) in [5.41, 5.74) is 0.745. The maximum atomic E-state index is 12.6. The van der Waals surface area contributed by atoms with Gasteiger partial charge in [0.05, 0.1) is 24.8 Å². The van der Waals surface area contributed by atoms with Crippen LogP contribution in [-0.4, -0.2) is 35.2 Å². The van der Waals surface area contributed by atoms with Crippen LogP contribution in [-0.2, 0) is 14.8 Å². The van der Waals surface area contributed by atoms with E-state index in [0.29, 0.717) is 33.0 Å². The zero-order valence-corrected chi connectivity index (χ0v) is 19.9. The van der Waals surface area contributed by atoms with Gasteiger partial charge in [-0.3, -0.25) is 9.52 Å². The van der Waals surface area contributed by atoms with Crippen LogP contribution >= 0.6 is 23.2 Å². The first-order valence-corrected chi connectivity index (χ1v) is 11.7. The van der Waals surface area contributed by atoms with Crippen molar-refractivity contribution < 1.29 is 27.4 Å². The van der Waals surface area contributed by atoms with E-state index in [2.05, 4.69) is 10.0 Å². The lowest BCUT2D eigenvalue weighted by molar-refractivity contribution is -0.118. The Morgan fingerprint density at radius 3 is 2.09 bits per heavy atom. The second kappa shape index (κ2) is 10.7. The minimum atomic E-state index is -3.87. The lowest BCUT2D eigenvalue weighted by Crippen LogP contribution is -2.20. The number of carbonyl (C=O) groups excluding carboxylic acids is 1. The Morgan fingerprint density at radius 2 is 1.48 bits per heavy atom. The molecule has 0 radical (unpaired) electrons. The van der Waals surface area contributed by atoms with E-state index in [1.54, 1.807) is 18.2 Å². The zero-order valence-electron chi connectivity index (χ0n) is 17.6. The summed E-state index contributed by atoms with van der Waals surface area (Å²) in [6.07, 6.45) is 0. The molecule has 0 saturated heterocycles. The fourth-order valence-electron chi connectivity index (χ4n) is 2.80. The molecule has 3 rings (SSSR count). The predicted molar refractivity (Wildman–Crippen MR) is 127 cm³/mol. The average molecular weight is 511 g/mol. The molecule has 0 heterocycles. The topological polar surface area (TPSA) is 103 Å². The van der Waals surface area contributed by atoms with Crippen LogP contribution in [0.3, 0.4) is 0 Å². The van der Waals surface area contributed by atoms with Gasteiger partial charge in [-0.1, -0.05) is 23.2 Å². The molecule has 2 N–H and O–H groups in total. The lowest BCUT2D eigenvalue weighted by Gasteiger charge is -2.12. The summed E-state index contributed by atoms with van der Waals surface area (Å²) < 4.78 is 43.4. The number of hydrogen-bond acceptors (Lipinski definition) is 6. The molecule has 0 aliphatic carbocycles. The number of rotatable bonds is 9. The molecule has 11 heteroatoms. The molecule has 3 aromatic carbocycles.